The Kier molecular flexibility index (Phi) is 50.7. The number of allylic oxidation sites excluding steroid dienone is 5. The van der Waals surface area contributed by atoms with Crippen LogP contribution in [0.3, 0.4) is 0 Å². The minimum absolute atomic E-state index is 0.0618. The van der Waals surface area contributed by atoms with E-state index in [0.29, 0.717) is 17.4 Å². The van der Waals surface area contributed by atoms with Gasteiger partial charge in [-0.25, -0.2) is 4.57 Å². The number of amides is 1. The standard InChI is InChI=1S/C60H117N2O6P/c1-6-8-10-12-14-16-18-20-22-24-26-28-29-30-31-32-33-34-36-38-40-42-44-46-48-50-52-54-60(64)61-58(57-68-69(65,66)67-56-55-62(3,4)5)59(63)53-51-49-47-45-43-41-39-37-35-27-25-23-21-19-17-15-13-11-9-7-2/h26,28,30-31,51,53,58-59,63H,6-25,27,29,32-50,52,54-57H2,1-5H3,(H-,61,64,65,66)/p+1/b28-26-,31-30-,53-51+. The normalized spacial score (nSPS) is 14.1. The highest BCUT2D eigenvalue weighted by Gasteiger charge is 2.27. The van der Waals surface area contributed by atoms with Crippen molar-refractivity contribution >= 4 is 13.7 Å². The van der Waals surface area contributed by atoms with Crippen molar-refractivity contribution in [2.45, 2.75) is 302 Å². The van der Waals surface area contributed by atoms with Crippen LogP contribution in [0.15, 0.2) is 36.5 Å². The second kappa shape index (κ2) is 51.6. The van der Waals surface area contributed by atoms with Gasteiger partial charge in [-0.05, 0) is 51.4 Å². The number of phosphoric acid groups is 1. The molecule has 3 N–H and O–H groups in total. The predicted octanol–water partition coefficient (Wildman–Crippen LogP) is 18.2. The lowest BCUT2D eigenvalue weighted by Gasteiger charge is -2.25. The summed E-state index contributed by atoms with van der Waals surface area (Å²) in [5.41, 5.74) is 0. The molecule has 0 aromatic carbocycles. The van der Waals surface area contributed by atoms with Gasteiger partial charge in [-0.15, -0.1) is 0 Å². The third-order valence-corrected chi connectivity index (χ3v) is 14.6. The van der Waals surface area contributed by atoms with Crippen LogP contribution in [0.1, 0.15) is 290 Å². The van der Waals surface area contributed by atoms with E-state index in [2.05, 4.69) is 43.5 Å². The minimum atomic E-state index is -4.35. The third-order valence-electron chi connectivity index (χ3n) is 13.6. The summed E-state index contributed by atoms with van der Waals surface area (Å²) in [5.74, 6) is -0.176. The van der Waals surface area contributed by atoms with Crippen molar-refractivity contribution in [1.82, 2.24) is 5.32 Å². The number of aliphatic hydroxyl groups is 1. The summed E-state index contributed by atoms with van der Waals surface area (Å²) in [4.78, 5) is 23.3. The molecule has 0 heterocycles. The van der Waals surface area contributed by atoms with Gasteiger partial charge in [0.1, 0.15) is 13.2 Å². The van der Waals surface area contributed by atoms with Crippen LogP contribution in [0.2, 0.25) is 0 Å². The van der Waals surface area contributed by atoms with E-state index >= 15 is 0 Å². The highest BCUT2D eigenvalue weighted by atomic mass is 31.2. The molecule has 0 aliphatic heterocycles. The molecule has 0 aliphatic rings. The number of carbonyl (C=O) groups is 1. The first-order valence-electron chi connectivity index (χ1n) is 29.9. The summed E-state index contributed by atoms with van der Waals surface area (Å²) in [6, 6.07) is -0.848. The fraction of sp³-hybridized carbons (Fsp3) is 0.883. The van der Waals surface area contributed by atoms with Gasteiger partial charge in [0.05, 0.1) is 39.9 Å². The Labute approximate surface area is 429 Å². The second-order valence-electron chi connectivity index (χ2n) is 21.7. The maximum absolute atomic E-state index is 13.0. The molecule has 0 rings (SSSR count). The second-order valence-corrected chi connectivity index (χ2v) is 23.2. The molecule has 0 saturated heterocycles. The number of rotatable bonds is 55. The van der Waals surface area contributed by atoms with Gasteiger partial charge >= 0.3 is 7.82 Å². The van der Waals surface area contributed by atoms with Crippen LogP contribution >= 0.6 is 7.82 Å². The monoisotopic (exact) mass is 994 g/mol. The summed E-state index contributed by atoms with van der Waals surface area (Å²) in [5, 5.41) is 14.0. The van der Waals surface area contributed by atoms with Crippen molar-refractivity contribution < 1.29 is 32.9 Å². The van der Waals surface area contributed by atoms with Crippen LogP contribution < -0.4 is 5.32 Å². The van der Waals surface area contributed by atoms with Crippen molar-refractivity contribution in [3.05, 3.63) is 36.5 Å². The highest BCUT2D eigenvalue weighted by molar-refractivity contribution is 7.47. The third kappa shape index (κ3) is 54.3. The van der Waals surface area contributed by atoms with Crippen LogP contribution in [0.5, 0.6) is 0 Å². The van der Waals surface area contributed by atoms with Gasteiger partial charge in [0, 0.05) is 6.42 Å². The number of hydrogen-bond donors (Lipinski definition) is 3. The number of hydrogen-bond acceptors (Lipinski definition) is 5. The lowest BCUT2D eigenvalue weighted by molar-refractivity contribution is -0.870. The molecule has 69 heavy (non-hydrogen) atoms. The molecule has 8 nitrogen and oxygen atoms in total. The van der Waals surface area contributed by atoms with E-state index in [1.54, 1.807) is 6.08 Å². The first-order chi connectivity index (χ1) is 33.5. The van der Waals surface area contributed by atoms with Gasteiger partial charge in [0.25, 0.3) is 0 Å². The molecule has 0 spiro atoms. The zero-order valence-corrected chi connectivity index (χ0v) is 47.5. The first-order valence-corrected chi connectivity index (χ1v) is 31.4. The SMILES string of the molecule is CCCCCCCCCCC/C=C\C/C=C\CCCCCCCCCCCCCC(=O)NC(COP(=O)(O)OCC[N+](C)(C)C)C(O)/C=C/CCCCCCCCCCCCCCCCCCCC. The Hall–Kier alpha value is -1.28. The number of likely N-dealkylation sites (N-methyl/N-ethyl adjacent to an activating group) is 1. The van der Waals surface area contributed by atoms with Gasteiger partial charge in [0.15, 0.2) is 0 Å². The number of nitrogens with one attached hydrogen (secondary N) is 1. The Balaban J connectivity index is 4.18. The smallest absolute Gasteiger partial charge is 0.387 e. The van der Waals surface area contributed by atoms with E-state index in [0.717, 1.165) is 44.9 Å². The summed E-state index contributed by atoms with van der Waals surface area (Å²) < 4.78 is 23.7. The molecule has 408 valence electrons. The first kappa shape index (κ1) is 67.7. The Morgan fingerprint density at radius 3 is 1.19 bits per heavy atom. The van der Waals surface area contributed by atoms with Crippen molar-refractivity contribution in [2.24, 2.45) is 0 Å². The molecule has 0 aromatic heterocycles. The number of aliphatic hydroxyl groups excluding tert-OH is 1. The van der Waals surface area contributed by atoms with Gasteiger partial charge in [-0.3, -0.25) is 13.8 Å². The molecule has 1 amide bonds. The summed E-state index contributed by atoms with van der Waals surface area (Å²) in [6.07, 6.45) is 66.7. The minimum Gasteiger partial charge on any atom is -0.387 e. The van der Waals surface area contributed by atoms with E-state index in [-0.39, 0.29) is 19.1 Å². The number of nitrogens with zero attached hydrogens (tertiary/aromatic N) is 1. The van der Waals surface area contributed by atoms with Crippen LogP contribution in [0.25, 0.3) is 0 Å². The van der Waals surface area contributed by atoms with E-state index in [1.807, 2.05) is 27.2 Å². The zero-order valence-electron chi connectivity index (χ0n) is 46.6. The quantitative estimate of drug-likeness (QED) is 0.0243. The van der Waals surface area contributed by atoms with Crippen molar-refractivity contribution in [3.63, 3.8) is 0 Å². The highest BCUT2D eigenvalue weighted by Crippen LogP contribution is 2.43. The Morgan fingerprint density at radius 2 is 0.826 bits per heavy atom. The number of carbonyl (C=O) groups excluding carboxylic acids is 1. The fourth-order valence-electron chi connectivity index (χ4n) is 8.90. The molecule has 0 radical (unpaired) electrons. The fourth-order valence-corrected chi connectivity index (χ4v) is 9.63. The number of quaternary nitrogens is 1. The molecule has 3 atom stereocenters. The molecule has 0 aliphatic carbocycles. The zero-order chi connectivity index (χ0) is 50.6. The van der Waals surface area contributed by atoms with Crippen LogP contribution in [0.4, 0.5) is 0 Å². The maximum atomic E-state index is 13.0. The van der Waals surface area contributed by atoms with Crippen molar-refractivity contribution in [1.29, 1.82) is 0 Å². The Morgan fingerprint density at radius 1 is 0.493 bits per heavy atom. The van der Waals surface area contributed by atoms with Gasteiger partial charge in [0.2, 0.25) is 5.91 Å². The van der Waals surface area contributed by atoms with E-state index < -0.39 is 20.0 Å². The largest absolute Gasteiger partial charge is 0.472 e. The average Bonchev–Trinajstić information content (AvgIpc) is 3.31. The van der Waals surface area contributed by atoms with E-state index in [1.165, 1.54) is 225 Å². The summed E-state index contributed by atoms with van der Waals surface area (Å²) in [6.45, 7) is 4.85. The summed E-state index contributed by atoms with van der Waals surface area (Å²) in [7, 11) is 1.58. The lowest BCUT2D eigenvalue weighted by atomic mass is 10.0. The molecule has 3 unspecified atom stereocenters. The maximum Gasteiger partial charge on any atom is 0.472 e. The molecule has 9 heteroatoms. The van der Waals surface area contributed by atoms with Crippen molar-refractivity contribution in [3.8, 4) is 0 Å². The topological polar surface area (TPSA) is 105 Å². The molecule has 0 saturated carbocycles. The average molecular weight is 995 g/mol. The van der Waals surface area contributed by atoms with E-state index in [9.17, 15) is 19.4 Å². The molecular weight excluding hydrogens is 876 g/mol. The Bertz CT molecular complexity index is 1220. The summed E-state index contributed by atoms with van der Waals surface area (Å²) >= 11 is 0. The molecule has 0 fully saturated rings. The number of phosphoric ester groups is 1. The lowest BCUT2D eigenvalue weighted by Crippen LogP contribution is -2.45. The number of unbranched alkanes of at least 4 members (excludes halogenated alkanes) is 38. The van der Waals surface area contributed by atoms with E-state index in [4.69, 9.17) is 9.05 Å². The predicted molar refractivity (Wildman–Crippen MR) is 300 cm³/mol. The molecule has 0 aromatic rings. The van der Waals surface area contributed by atoms with Crippen LogP contribution in [-0.4, -0.2) is 73.4 Å². The van der Waals surface area contributed by atoms with Gasteiger partial charge in [-0.1, -0.05) is 269 Å². The van der Waals surface area contributed by atoms with Crippen LogP contribution in [0, 0.1) is 0 Å². The molecule has 0 bridgehead atoms. The van der Waals surface area contributed by atoms with Crippen molar-refractivity contribution in [2.75, 3.05) is 40.9 Å². The molecular formula is C60H118N2O6P+. The van der Waals surface area contributed by atoms with Crippen LogP contribution in [-0.2, 0) is 18.4 Å². The van der Waals surface area contributed by atoms with Gasteiger partial charge < -0.3 is 19.8 Å². The van der Waals surface area contributed by atoms with Gasteiger partial charge in [-0.2, -0.15) is 0 Å².